The van der Waals surface area contributed by atoms with Crippen LogP contribution in [0.15, 0.2) is 97.2 Å². The molecule has 0 N–H and O–H groups in total. The third kappa shape index (κ3) is 76.0. The summed E-state index contributed by atoms with van der Waals surface area (Å²) in [5.74, 6) is -0.820. The van der Waals surface area contributed by atoms with E-state index in [1.54, 1.807) is 0 Å². The Balaban J connectivity index is 3.97. The van der Waals surface area contributed by atoms with Crippen molar-refractivity contribution < 1.29 is 42.1 Å². The summed E-state index contributed by atoms with van der Waals surface area (Å²) in [4.78, 5) is 38.2. The number of nitrogens with zero attached hydrogens (tertiary/aromatic N) is 1. The number of hydrogen-bond donors (Lipinski definition) is 0. The van der Waals surface area contributed by atoms with Crippen LogP contribution in [0.2, 0.25) is 0 Å². The molecule has 2 atom stereocenters. The molecule has 0 aliphatic heterocycles. The van der Waals surface area contributed by atoms with Gasteiger partial charge in [-0.2, -0.15) is 0 Å². The van der Waals surface area contributed by atoms with Gasteiger partial charge in [0.15, 0.2) is 6.10 Å². The van der Waals surface area contributed by atoms with Gasteiger partial charge < -0.3 is 27.9 Å². The van der Waals surface area contributed by atoms with E-state index in [0.29, 0.717) is 17.4 Å². The minimum absolute atomic E-state index is 0.0320. The van der Waals surface area contributed by atoms with E-state index in [1.165, 1.54) is 244 Å². The molecule has 2 unspecified atom stereocenters. The lowest BCUT2D eigenvalue weighted by molar-refractivity contribution is -0.870. The first-order chi connectivity index (χ1) is 45.0. The average Bonchev–Trinajstić information content (AvgIpc) is 2.23. The molecule has 0 saturated carbocycles. The number of quaternary nitrogens is 1. The molecule has 0 rings (SSSR count). The minimum atomic E-state index is -4.65. The topological polar surface area (TPSA) is 111 Å². The molecule has 0 aliphatic rings. The smallest absolute Gasteiger partial charge is 0.306 e. The highest BCUT2D eigenvalue weighted by molar-refractivity contribution is 7.45. The quantitative estimate of drug-likeness (QED) is 0.0195. The van der Waals surface area contributed by atoms with Crippen LogP contribution in [-0.2, 0) is 32.7 Å². The fraction of sp³-hybridized carbons (Fsp3) is 0.780. The van der Waals surface area contributed by atoms with Gasteiger partial charge >= 0.3 is 11.9 Å². The predicted molar refractivity (Wildman–Crippen MR) is 397 cm³/mol. The minimum Gasteiger partial charge on any atom is -0.756 e. The summed E-state index contributed by atoms with van der Waals surface area (Å²) in [6.45, 7) is 4.16. The van der Waals surface area contributed by atoms with Crippen LogP contribution in [0.4, 0.5) is 0 Å². The molecule has 0 aromatic heterocycles. The number of carbonyl (C=O) groups is 2. The van der Waals surface area contributed by atoms with Crippen molar-refractivity contribution in [2.24, 2.45) is 0 Å². The molecule has 0 amide bonds. The van der Waals surface area contributed by atoms with Gasteiger partial charge in [-0.1, -0.05) is 349 Å². The summed E-state index contributed by atoms with van der Waals surface area (Å²) >= 11 is 0. The monoisotopic (exact) mass is 1310 g/mol. The number of carbonyl (C=O) groups excluding carboxylic acids is 2. The van der Waals surface area contributed by atoms with Crippen LogP contribution in [0.5, 0.6) is 0 Å². The van der Waals surface area contributed by atoms with E-state index in [2.05, 4.69) is 111 Å². The summed E-state index contributed by atoms with van der Waals surface area (Å²) in [7, 11) is 1.17. The molecule has 0 fully saturated rings. The maximum absolute atomic E-state index is 12.9. The molecule has 92 heavy (non-hydrogen) atoms. The van der Waals surface area contributed by atoms with Gasteiger partial charge in [0, 0.05) is 12.8 Å². The van der Waals surface area contributed by atoms with Crippen molar-refractivity contribution in [3.05, 3.63) is 97.2 Å². The molecule has 0 aromatic carbocycles. The lowest BCUT2D eigenvalue weighted by Gasteiger charge is -2.28. The second-order valence-electron chi connectivity index (χ2n) is 27.3. The van der Waals surface area contributed by atoms with Crippen LogP contribution >= 0.6 is 7.82 Å². The van der Waals surface area contributed by atoms with Crippen LogP contribution in [0, 0.1) is 0 Å². The van der Waals surface area contributed by atoms with Crippen LogP contribution in [0.25, 0.3) is 0 Å². The Morgan fingerprint density at radius 3 is 0.924 bits per heavy atom. The summed E-state index contributed by atoms with van der Waals surface area (Å²) in [5.41, 5.74) is 0. The zero-order valence-corrected chi connectivity index (χ0v) is 61.9. The highest BCUT2D eigenvalue weighted by Crippen LogP contribution is 2.38. The van der Waals surface area contributed by atoms with Gasteiger partial charge in [-0.15, -0.1) is 0 Å². The van der Waals surface area contributed by atoms with Crippen molar-refractivity contribution in [2.45, 2.75) is 367 Å². The number of ether oxygens (including phenoxy) is 2. The third-order valence-electron chi connectivity index (χ3n) is 17.1. The number of hydrogen-bond acceptors (Lipinski definition) is 8. The molecule has 0 aromatic rings. The van der Waals surface area contributed by atoms with Crippen LogP contribution < -0.4 is 4.89 Å². The maximum atomic E-state index is 12.9. The lowest BCUT2D eigenvalue weighted by atomic mass is 10.0. The fourth-order valence-corrected chi connectivity index (χ4v) is 11.9. The Morgan fingerprint density at radius 2 is 0.620 bits per heavy atom. The highest BCUT2D eigenvalue weighted by Gasteiger charge is 2.22. The van der Waals surface area contributed by atoms with Gasteiger partial charge in [-0.25, -0.2) is 0 Å². The number of phosphoric ester groups is 1. The maximum Gasteiger partial charge on any atom is 0.306 e. The summed E-state index contributed by atoms with van der Waals surface area (Å²) < 4.78 is 34.4. The van der Waals surface area contributed by atoms with Crippen LogP contribution in [0.3, 0.4) is 0 Å². The van der Waals surface area contributed by atoms with E-state index in [-0.39, 0.29) is 32.0 Å². The molecule has 0 heterocycles. The first-order valence-electron chi connectivity index (χ1n) is 38.9. The standard InChI is InChI=1S/C82H148NO8P/c1-6-8-10-12-14-16-18-20-22-24-26-28-30-32-34-36-38-40-41-43-44-46-48-50-52-54-56-58-60-62-64-66-68-70-72-74-81(84)88-78-80(79-90-92(86,87)89-77-76-83(3,4)5)91-82(85)75-73-71-69-67-65-63-61-59-57-55-53-51-49-47-45-42-39-37-35-33-31-29-27-25-23-21-19-17-15-13-11-9-7-2/h9,11,15,17-18,20-21,23-24,26-27,29,33,35,39,42,80H,6-8,10,12-14,16,19,22,25,28,30-32,34,36-38,40-41,43-79H2,1-5H3/b11-9-,17-15-,20-18-,23-21-,26-24-,29-27-,35-33-,42-39-. The Kier molecular flexibility index (Phi) is 69.8. The zero-order valence-electron chi connectivity index (χ0n) is 61.0. The van der Waals surface area contributed by atoms with Crippen molar-refractivity contribution in [3.63, 3.8) is 0 Å². The Hall–Kier alpha value is -3.07. The normalized spacial score (nSPS) is 13.6. The van der Waals surface area contributed by atoms with Gasteiger partial charge in [0.25, 0.3) is 7.82 Å². The second kappa shape index (κ2) is 72.2. The SMILES string of the molecule is CC/C=C\C/C=C\C/C=C\C/C=C\C/C=C\C/C=C\CCCCCCCCCCCCCCCCC(=O)OC(COC(=O)CCCCCCCCCCCCCCCCCCCCCCCCC/C=C\C/C=C\CCCCCCC)COP(=O)([O-])OCC[N+](C)(C)C. The molecule has 9 nitrogen and oxygen atoms in total. The molecule has 10 heteroatoms. The largest absolute Gasteiger partial charge is 0.756 e. The summed E-state index contributed by atoms with van der Waals surface area (Å²) in [5, 5.41) is 0. The van der Waals surface area contributed by atoms with E-state index in [1.807, 2.05) is 21.1 Å². The third-order valence-corrected chi connectivity index (χ3v) is 18.1. The molecule has 534 valence electrons. The van der Waals surface area contributed by atoms with Crippen molar-refractivity contribution >= 4 is 19.8 Å². The van der Waals surface area contributed by atoms with Crippen molar-refractivity contribution in [1.82, 2.24) is 0 Å². The predicted octanol–water partition coefficient (Wildman–Crippen LogP) is 25.2. The van der Waals surface area contributed by atoms with Crippen molar-refractivity contribution in [2.75, 3.05) is 47.5 Å². The summed E-state index contributed by atoms with van der Waals surface area (Å²) in [6, 6.07) is 0. The van der Waals surface area contributed by atoms with Crippen molar-refractivity contribution in [1.29, 1.82) is 0 Å². The van der Waals surface area contributed by atoms with Gasteiger partial charge in [0.1, 0.15) is 19.8 Å². The molecule has 0 bridgehead atoms. The van der Waals surface area contributed by atoms with E-state index >= 15 is 0 Å². The van der Waals surface area contributed by atoms with E-state index in [0.717, 1.165) is 83.5 Å². The first-order valence-corrected chi connectivity index (χ1v) is 40.4. The average molecular weight is 1310 g/mol. The van der Waals surface area contributed by atoms with Gasteiger partial charge in [0.2, 0.25) is 0 Å². The number of unbranched alkanes of at least 4 members (excludes halogenated alkanes) is 42. The second-order valence-corrected chi connectivity index (χ2v) is 28.8. The first kappa shape index (κ1) is 88.9. The fourth-order valence-electron chi connectivity index (χ4n) is 11.2. The van der Waals surface area contributed by atoms with Crippen LogP contribution in [-0.4, -0.2) is 70.0 Å². The Bertz CT molecular complexity index is 1880. The molecule has 0 aliphatic carbocycles. The number of likely N-dealkylation sites (N-methyl/N-ethyl adjacent to an activating group) is 1. The van der Waals surface area contributed by atoms with Crippen LogP contribution in [0.1, 0.15) is 361 Å². The van der Waals surface area contributed by atoms with Gasteiger partial charge in [-0.05, 0) is 96.3 Å². The highest BCUT2D eigenvalue weighted by atomic mass is 31.2. The van der Waals surface area contributed by atoms with E-state index in [4.69, 9.17) is 18.5 Å². The molecule has 0 spiro atoms. The zero-order chi connectivity index (χ0) is 66.9. The lowest BCUT2D eigenvalue weighted by Crippen LogP contribution is -2.37. The molecular formula is C82H148NO8P. The summed E-state index contributed by atoms with van der Waals surface area (Å²) in [6.07, 6.45) is 101. The number of rotatable bonds is 72. The number of allylic oxidation sites excluding steroid dienone is 16. The van der Waals surface area contributed by atoms with E-state index in [9.17, 15) is 19.0 Å². The Morgan fingerprint density at radius 1 is 0.348 bits per heavy atom. The van der Waals surface area contributed by atoms with Crippen molar-refractivity contribution in [3.8, 4) is 0 Å². The number of esters is 2. The molecule has 0 saturated heterocycles. The van der Waals surface area contributed by atoms with Gasteiger partial charge in [0.05, 0.1) is 27.7 Å². The number of phosphoric acid groups is 1. The van der Waals surface area contributed by atoms with Gasteiger partial charge in [-0.3, -0.25) is 14.2 Å². The van der Waals surface area contributed by atoms with E-state index < -0.39 is 26.5 Å². The molecular weight excluding hydrogens is 1160 g/mol. The Labute approximate surface area is 570 Å². The molecule has 0 radical (unpaired) electrons.